The molecule has 2 saturated heterocycles. The summed E-state index contributed by atoms with van der Waals surface area (Å²) in [6.45, 7) is 5.38. The Morgan fingerprint density at radius 3 is 2.72 bits per heavy atom. The lowest BCUT2D eigenvalue weighted by atomic mass is 10.0. The lowest BCUT2D eigenvalue weighted by Gasteiger charge is -2.27. The van der Waals surface area contributed by atoms with Crippen molar-refractivity contribution in [1.82, 2.24) is 10.2 Å². The molecule has 2 aliphatic heterocycles. The molecule has 2 heterocycles. The molecule has 2 fully saturated rings. The van der Waals surface area contributed by atoms with Crippen LogP contribution in [0.3, 0.4) is 0 Å². The Labute approximate surface area is 167 Å². The van der Waals surface area contributed by atoms with Crippen LogP contribution in [0.15, 0.2) is 24.3 Å². The second-order valence-electron chi connectivity index (χ2n) is 6.49. The van der Waals surface area contributed by atoms with Gasteiger partial charge in [0.15, 0.2) is 0 Å². The fourth-order valence-electron chi connectivity index (χ4n) is 3.29. The van der Waals surface area contributed by atoms with E-state index in [4.69, 9.17) is 0 Å². The van der Waals surface area contributed by atoms with Gasteiger partial charge in [-0.2, -0.15) is 11.8 Å². The molecule has 0 bridgehead atoms. The van der Waals surface area contributed by atoms with Gasteiger partial charge in [0.25, 0.3) is 0 Å². The van der Waals surface area contributed by atoms with Crippen molar-refractivity contribution in [3.05, 3.63) is 29.8 Å². The average molecular weight is 406 g/mol. The number of amides is 1. The van der Waals surface area contributed by atoms with Gasteiger partial charge in [-0.3, -0.25) is 9.69 Å². The maximum Gasteiger partial charge on any atom is 0.224 e. The van der Waals surface area contributed by atoms with Gasteiger partial charge in [-0.1, -0.05) is 18.2 Å². The number of nitrogens with zero attached hydrogens (tertiary/aromatic N) is 1. The molecule has 0 spiro atoms. The second-order valence-corrected chi connectivity index (χ2v) is 7.72. The van der Waals surface area contributed by atoms with Crippen LogP contribution in [-0.4, -0.2) is 48.5 Å². The summed E-state index contributed by atoms with van der Waals surface area (Å²) in [5.74, 6) is 3.24. The van der Waals surface area contributed by atoms with Gasteiger partial charge in [0.2, 0.25) is 5.91 Å². The third-order valence-corrected chi connectivity index (χ3v) is 5.67. The van der Waals surface area contributed by atoms with Crippen LogP contribution in [0.1, 0.15) is 24.8 Å². The molecule has 1 amide bonds. The number of hydrogen-bond acceptors (Lipinski definition) is 4. The Morgan fingerprint density at radius 1 is 1.24 bits per heavy atom. The summed E-state index contributed by atoms with van der Waals surface area (Å²) in [5, 5.41) is 6.49. The number of anilines is 1. The van der Waals surface area contributed by atoms with Crippen molar-refractivity contribution < 1.29 is 4.79 Å². The van der Waals surface area contributed by atoms with Crippen LogP contribution < -0.4 is 10.6 Å². The molecule has 0 saturated carbocycles. The van der Waals surface area contributed by atoms with Gasteiger partial charge in [0.05, 0.1) is 0 Å². The first kappa shape index (κ1) is 22.6. The highest BCUT2D eigenvalue weighted by atomic mass is 35.5. The molecule has 1 aromatic carbocycles. The van der Waals surface area contributed by atoms with E-state index in [1.165, 1.54) is 23.5 Å². The molecule has 2 aliphatic rings. The first-order valence-corrected chi connectivity index (χ1v) is 9.85. The predicted octanol–water partition coefficient (Wildman–Crippen LogP) is 3.41. The minimum Gasteiger partial charge on any atom is -0.326 e. The number of nitrogens with one attached hydrogen (secondary N) is 2. The number of para-hydroxylation sites is 1. The van der Waals surface area contributed by atoms with E-state index >= 15 is 0 Å². The Hall–Kier alpha value is -0.460. The molecule has 1 aromatic rings. The van der Waals surface area contributed by atoms with Crippen LogP contribution >= 0.6 is 36.6 Å². The number of thioether (sulfide) groups is 1. The number of benzene rings is 1. The second kappa shape index (κ2) is 12.0. The Bertz CT molecular complexity index is 521. The van der Waals surface area contributed by atoms with Crippen molar-refractivity contribution >= 4 is 48.2 Å². The maximum absolute atomic E-state index is 12.3. The van der Waals surface area contributed by atoms with E-state index in [1.807, 2.05) is 23.9 Å². The smallest absolute Gasteiger partial charge is 0.224 e. The molecule has 0 aromatic heterocycles. The maximum atomic E-state index is 12.3. The zero-order valence-corrected chi connectivity index (χ0v) is 17.0. The SMILES string of the molecule is Cl.Cl.O=C(CCC1CCNC1)Nc1ccccc1CN1CCSCC1. The van der Waals surface area contributed by atoms with E-state index in [0.29, 0.717) is 12.3 Å². The van der Waals surface area contributed by atoms with Gasteiger partial charge in [0.1, 0.15) is 0 Å². The zero-order chi connectivity index (χ0) is 15.9. The molecule has 7 heteroatoms. The summed E-state index contributed by atoms with van der Waals surface area (Å²) >= 11 is 2.03. The predicted molar refractivity (Wildman–Crippen MR) is 112 cm³/mol. The third kappa shape index (κ3) is 7.35. The number of halogens is 2. The quantitative estimate of drug-likeness (QED) is 0.760. The molecular weight excluding hydrogens is 377 g/mol. The number of rotatable bonds is 6. The normalized spacial score (nSPS) is 20.4. The Kier molecular flexibility index (Phi) is 10.9. The van der Waals surface area contributed by atoms with Gasteiger partial charge in [0, 0.05) is 43.2 Å². The van der Waals surface area contributed by atoms with E-state index in [-0.39, 0.29) is 30.7 Å². The van der Waals surface area contributed by atoms with Crippen molar-refractivity contribution in [1.29, 1.82) is 0 Å². The first-order valence-electron chi connectivity index (χ1n) is 8.70. The van der Waals surface area contributed by atoms with Crippen LogP contribution in [0.25, 0.3) is 0 Å². The molecule has 1 unspecified atom stereocenters. The number of hydrogen-bond donors (Lipinski definition) is 2. The van der Waals surface area contributed by atoms with Gasteiger partial charge in [-0.15, -0.1) is 24.8 Å². The Morgan fingerprint density at radius 2 is 2.00 bits per heavy atom. The highest BCUT2D eigenvalue weighted by molar-refractivity contribution is 7.99. The van der Waals surface area contributed by atoms with E-state index in [2.05, 4.69) is 27.7 Å². The highest BCUT2D eigenvalue weighted by Gasteiger charge is 2.17. The standard InChI is InChI=1S/C18H27N3OS.2ClH/c22-18(6-5-15-7-8-19-13-15)20-17-4-2-1-3-16(17)14-21-9-11-23-12-10-21;;/h1-4,15,19H,5-14H2,(H,20,22);2*1H. The minimum atomic E-state index is 0. The molecule has 142 valence electrons. The van der Waals surface area contributed by atoms with Gasteiger partial charge < -0.3 is 10.6 Å². The van der Waals surface area contributed by atoms with Crippen LogP contribution in [0.2, 0.25) is 0 Å². The highest BCUT2D eigenvalue weighted by Crippen LogP contribution is 2.21. The molecule has 0 aliphatic carbocycles. The summed E-state index contributed by atoms with van der Waals surface area (Å²) in [6.07, 6.45) is 2.82. The van der Waals surface area contributed by atoms with Crippen LogP contribution in [0, 0.1) is 5.92 Å². The van der Waals surface area contributed by atoms with Crippen molar-refractivity contribution in [3.63, 3.8) is 0 Å². The number of carbonyl (C=O) groups is 1. The first-order chi connectivity index (χ1) is 11.3. The van der Waals surface area contributed by atoms with Crippen LogP contribution in [-0.2, 0) is 11.3 Å². The summed E-state index contributed by atoms with van der Waals surface area (Å²) in [7, 11) is 0. The van der Waals surface area contributed by atoms with Crippen molar-refractivity contribution in [2.24, 2.45) is 5.92 Å². The van der Waals surface area contributed by atoms with Gasteiger partial charge in [-0.05, 0) is 43.5 Å². The summed E-state index contributed by atoms with van der Waals surface area (Å²) in [6, 6.07) is 8.24. The topological polar surface area (TPSA) is 44.4 Å². The fourth-order valence-corrected chi connectivity index (χ4v) is 4.27. The lowest BCUT2D eigenvalue weighted by Crippen LogP contribution is -2.32. The van der Waals surface area contributed by atoms with Crippen molar-refractivity contribution in [2.75, 3.05) is 43.0 Å². The van der Waals surface area contributed by atoms with Crippen LogP contribution in [0.4, 0.5) is 5.69 Å². The van der Waals surface area contributed by atoms with E-state index < -0.39 is 0 Å². The largest absolute Gasteiger partial charge is 0.326 e. The van der Waals surface area contributed by atoms with Crippen LogP contribution in [0.5, 0.6) is 0 Å². The molecular formula is C18H29Cl2N3OS. The van der Waals surface area contributed by atoms with Crippen molar-refractivity contribution in [2.45, 2.75) is 25.8 Å². The summed E-state index contributed by atoms with van der Waals surface area (Å²) in [4.78, 5) is 14.7. The minimum absolute atomic E-state index is 0. The molecule has 25 heavy (non-hydrogen) atoms. The van der Waals surface area contributed by atoms with Gasteiger partial charge in [-0.25, -0.2) is 0 Å². The molecule has 0 radical (unpaired) electrons. The summed E-state index contributed by atoms with van der Waals surface area (Å²) < 4.78 is 0. The van der Waals surface area contributed by atoms with E-state index in [0.717, 1.165) is 44.8 Å². The van der Waals surface area contributed by atoms with E-state index in [9.17, 15) is 4.79 Å². The molecule has 2 N–H and O–H groups in total. The average Bonchev–Trinajstić information content (AvgIpc) is 3.09. The molecule has 3 rings (SSSR count). The fraction of sp³-hybridized carbons (Fsp3) is 0.611. The monoisotopic (exact) mass is 405 g/mol. The third-order valence-electron chi connectivity index (χ3n) is 4.73. The summed E-state index contributed by atoms with van der Waals surface area (Å²) in [5.41, 5.74) is 2.22. The van der Waals surface area contributed by atoms with E-state index in [1.54, 1.807) is 0 Å². The van der Waals surface area contributed by atoms with Gasteiger partial charge >= 0.3 is 0 Å². The molecule has 1 atom stereocenters. The molecule has 4 nitrogen and oxygen atoms in total. The van der Waals surface area contributed by atoms with Crippen molar-refractivity contribution in [3.8, 4) is 0 Å². The number of carbonyl (C=O) groups excluding carboxylic acids is 1. The Balaban J connectivity index is 0.00000156. The zero-order valence-electron chi connectivity index (χ0n) is 14.5. The lowest BCUT2D eigenvalue weighted by molar-refractivity contribution is -0.116.